The molecule has 5 atom stereocenters. The van der Waals surface area contributed by atoms with Crippen LogP contribution >= 0.6 is 0 Å². The Morgan fingerprint density at radius 3 is 2.65 bits per heavy atom. The van der Waals surface area contributed by atoms with Gasteiger partial charge in [-0.15, -0.1) is 0 Å². The summed E-state index contributed by atoms with van der Waals surface area (Å²) in [4.78, 5) is 41.4. The first-order valence-electron chi connectivity index (χ1n) is 9.16. The van der Waals surface area contributed by atoms with Crippen LogP contribution in [0.1, 0.15) is 19.8 Å². The van der Waals surface area contributed by atoms with Crippen LogP contribution in [0.4, 0.5) is 0 Å². The third kappa shape index (κ3) is 3.10. The van der Waals surface area contributed by atoms with E-state index in [1.165, 1.54) is 6.08 Å². The Labute approximate surface area is 154 Å². The lowest BCUT2D eigenvalue weighted by Crippen LogP contribution is -2.53. The fraction of sp³-hybridized carbons (Fsp3) is 0.632. The minimum Gasteiger partial charge on any atom is -0.355 e. The highest BCUT2D eigenvalue weighted by atomic mass is 16.2. The molecule has 0 bridgehead atoms. The normalized spacial score (nSPS) is 33.9. The minimum absolute atomic E-state index is 0.0262. The van der Waals surface area contributed by atoms with E-state index >= 15 is 0 Å². The molecule has 0 N–H and O–H groups in total. The summed E-state index contributed by atoms with van der Waals surface area (Å²) in [5.74, 6) is 0.905. The molecule has 7 nitrogen and oxygen atoms in total. The van der Waals surface area contributed by atoms with Crippen molar-refractivity contribution in [2.45, 2.75) is 32.0 Å². The van der Waals surface area contributed by atoms with Gasteiger partial charge in [-0.1, -0.05) is 6.58 Å². The first-order chi connectivity index (χ1) is 12.5. The van der Waals surface area contributed by atoms with Crippen molar-refractivity contribution < 1.29 is 9.59 Å². The summed E-state index contributed by atoms with van der Waals surface area (Å²) >= 11 is 0. The smallest absolute Gasteiger partial charge is 0.246 e. The van der Waals surface area contributed by atoms with Gasteiger partial charge in [-0.25, -0.2) is 0 Å². The molecule has 3 aliphatic heterocycles. The molecule has 3 heterocycles. The van der Waals surface area contributed by atoms with Crippen LogP contribution < -0.4 is 0 Å². The van der Waals surface area contributed by atoms with Crippen LogP contribution in [-0.2, 0) is 9.59 Å². The van der Waals surface area contributed by atoms with Crippen LogP contribution in [0.15, 0.2) is 27.6 Å². The van der Waals surface area contributed by atoms with Gasteiger partial charge in [0.25, 0.3) is 0 Å². The SMILES string of the molecule is C=CC(=O)N1CCC2CCN(C(=NC)C3C(N=C)N=CC3C(C)=O)C2C1. The molecule has 140 valence electrons. The number of hydrogen-bond acceptors (Lipinski definition) is 5. The van der Waals surface area contributed by atoms with Gasteiger partial charge in [-0.2, -0.15) is 0 Å². The fourth-order valence-electron chi connectivity index (χ4n) is 4.59. The second-order valence-electron chi connectivity index (χ2n) is 7.22. The average molecular weight is 357 g/mol. The summed E-state index contributed by atoms with van der Waals surface area (Å²) in [5, 5.41) is 0. The maximum absolute atomic E-state index is 12.1. The first kappa shape index (κ1) is 18.5. The molecule has 1 amide bonds. The highest BCUT2D eigenvalue weighted by Crippen LogP contribution is 2.36. The molecule has 26 heavy (non-hydrogen) atoms. The summed E-state index contributed by atoms with van der Waals surface area (Å²) < 4.78 is 0. The molecule has 0 aromatic heterocycles. The van der Waals surface area contributed by atoms with Crippen LogP contribution in [0, 0.1) is 17.8 Å². The zero-order chi connectivity index (χ0) is 18.8. The lowest BCUT2D eigenvalue weighted by atomic mass is 9.87. The first-order valence-corrected chi connectivity index (χ1v) is 9.16. The largest absolute Gasteiger partial charge is 0.355 e. The number of fused-ring (bicyclic) bond motifs is 1. The summed E-state index contributed by atoms with van der Waals surface area (Å²) in [5.41, 5.74) is 0. The fourth-order valence-corrected chi connectivity index (χ4v) is 4.59. The summed E-state index contributed by atoms with van der Waals surface area (Å²) in [6.45, 7) is 11.2. The monoisotopic (exact) mass is 357 g/mol. The number of amides is 1. The Kier molecular flexibility index (Phi) is 5.34. The quantitative estimate of drug-likeness (QED) is 0.429. The molecule has 0 aromatic rings. The van der Waals surface area contributed by atoms with Crippen molar-refractivity contribution >= 4 is 30.5 Å². The number of amidine groups is 1. The second kappa shape index (κ2) is 7.51. The predicted molar refractivity (Wildman–Crippen MR) is 103 cm³/mol. The van der Waals surface area contributed by atoms with Crippen molar-refractivity contribution in [2.24, 2.45) is 32.7 Å². The predicted octanol–water partition coefficient (Wildman–Crippen LogP) is 1.06. The van der Waals surface area contributed by atoms with Gasteiger partial charge in [-0.05, 0) is 38.5 Å². The Balaban J connectivity index is 1.86. The lowest BCUT2D eigenvalue weighted by molar-refractivity contribution is -0.128. The van der Waals surface area contributed by atoms with E-state index in [2.05, 4.69) is 33.2 Å². The zero-order valence-corrected chi connectivity index (χ0v) is 15.5. The van der Waals surface area contributed by atoms with Crippen LogP contribution in [0.3, 0.4) is 0 Å². The van der Waals surface area contributed by atoms with E-state index in [4.69, 9.17) is 0 Å². The number of Topliss-reactive ketones (excluding diaryl/α,β-unsaturated/α-hetero) is 1. The molecular formula is C19H27N5O2. The molecule has 2 saturated heterocycles. The molecule has 3 rings (SSSR count). The lowest BCUT2D eigenvalue weighted by Gasteiger charge is -2.41. The maximum atomic E-state index is 12.1. The number of hydrogen-bond donors (Lipinski definition) is 0. The summed E-state index contributed by atoms with van der Waals surface area (Å²) in [6, 6.07) is 0.213. The van der Waals surface area contributed by atoms with Crippen molar-refractivity contribution in [3.8, 4) is 0 Å². The van der Waals surface area contributed by atoms with Crippen molar-refractivity contribution in [3.05, 3.63) is 12.7 Å². The average Bonchev–Trinajstić information content (AvgIpc) is 3.26. The third-order valence-electron chi connectivity index (χ3n) is 5.93. The molecule has 3 aliphatic rings. The number of aliphatic imine (C=N–C) groups is 3. The van der Waals surface area contributed by atoms with Crippen molar-refractivity contribution in [3.63, 3.8) is 0 Å². The molecule has 0 aromatic carbocycles. The molecule has 7 heteroatoms. The van der Waals surface area contributed by atoms with Crippen LogP contribution in [0.2, 0.25) is 0 Å². The molecule has 0 spiro atoms. The molecule has 0 aliphatic carbocycles. The van der Waals surface area contributed by atoms with Gasteiger partial charge in [0.1, 0.15) is 17.8 Å². The number of carbonyl (C=O) groups excluding carboxylic acids is 2. The number of nitrogens with zero attached hydrogens (tertiary/aromatic N) is 5. The van der Waals surface area contributed by atoms with Crippen LogP contribution in [0.5, 0.6) is 0 Å². The Hall–Kier alpha value is -2.31. The number of rotatable bonds is 4. The van der Waals surface area contributed by atoms with E-state index in [0.717, 1.165) is 31.8 Å². The summed E-state index contributed by atoms with van der Waals surface area (Å²) in [6.07, 6.45) is 4.75. The van der Waals surface area contributed by atoms with E-state index in [9.17, 15) is 9.59 Å². The van der Waals surface area contributed by atoms with Crippen LogP contribution in [0.25, 0.3) is 0 Å². The van der Waals surface area contributed by atoms with Gasteiger partial charge in [0.2, 0.25) is 5.91 Å². The Morgan fingerprint density at radius 1 is 1.31 bits per heavy atom. The second-order valence-corrected chi connectivity index (χ2v) is 7.22. The van der Waals surface area contributed by atoms with Gasteiger partial charge >= 0.3 is 0 Å². The van der Waals surface area contributed by atoms with Gasteiger partial charge < -0.3 is 9.80 Å². The maximum Gasteiger partial charge on any atom is 0.246 e. The Bertz CT molecular complexity index is 671. The standard InChI is InChI=1S/C19H27N5O2/c1-5-16(26)23-8-6-13-7-9-24(15(13)11-23)19(21-4)17-14(12(2)25)10-22-18(17)20-3/h5,10,13-15,17-18H,1,3,6-9,11H2,2,4H3. The molecule has 0 radical (unpaired) electrons. The van der Waals surface area contributed by atoms with Gasteiger partial charge in [0, 0.05) is 32.9 Å². The number of carbonyl (C=O) groups is 2. The van der Waals surface area contributed by atoms with Gasteiger partial charge in [0.15, 0.2) is 0 Å². The molecule has 2 fully saturated rings. The zero-order valence-electron chi connectivity index (χ0n) is 15.5. The minimum atomic E-state index is -0.379. The van der Waals surface area contributed by atoms with Gasteiger partial charge in [0.05, 0.1) is 17.9 Å². The number of likely N-dealkylation sites (tertiary alicyclic amines) is 2. The highest BCUT2D eigenvalue weighted by Gasteiger charge is 2.46. The van der Waals surface area contributed by atoms with E-state index in [-0.39, 0.29) is 35.7 Å². The topological polar surface area (TPSA) is 77.7 Å². The van der Waals surface area contributed by atoms with Crippen molar-refractivity contribution in [1.82, 2.24) is 9.80 Å². The van der Waals surface area contributed by atoms with E-state index in [1.54, 1.807) is 20.2 Å². The number of ketones is 1. The van der Waals surface area contributed by atoms with Gasteiger partial charge in [-0.3, -0.25) is 24.6 Å². The molecule has 0 saturated carbocycles. The van der Waals surface area contributed by atoms with E-state index in [1.807, 2.05) is 4.90 Å². The molecule has 5 unspecified atom stereocenters. The van der Waals surface area contributed by atoms with E-state index in [0.29, 0.717) is 12.5 Å². The Morgan fingerprint density at radius 2 is 2.04 bits per heavy atom. The highest BCUT2D eigenvalue weighted by molar-refractivity contribution is 6.02. The van der Waals surface area contributed by atoms with Crippen molar-refractivity contribution in [1.29, 1.82) is 0 Å². The van der Waals surface area contributed by atoms with Crippen LogP contribution in [-0.4, -0.2) is 79.1 Å². The third-order valence-corrected chi connectivity index (χ3v) is 5.93. The van der Waals surface area contributed by atoms with E-state index < -0.39 is 0 Å². The molecular weight excluding hydrogens is 330 g/mol. The number of piperidine rings is 1. The summed E-state index contributed by atoms with van der Waals surface area (Å²) in [7, 11) is 1.76. The van der Waals surface area contributed by atoms with Crippen molar-refractivity contribution in [2.75, 3.05) is 26.7 Å².